The van der Waals surface area contributed by atoms with Crippen LogP contribution in [0.15, 0.2) is 23.1 Å². The van der Waals surface area contributed by atoms with Gasteiger partial charge in [-0.05, 0) is 61.3 Å². The SMILES string of the molecule is CCCC(CCBr)CNS(=O)(=O)c1ccc2c(c1)CCC2. The van der Waals surface area contributed by atoms with Crippen LogP contribution in [0.4, 0.5) is 0 Å². The zero-order valence-corrected chi connectivity index (χ0v) is 15.0. The topological polar surface area (TPSA) is 46.2 Å². The Kier molecular flexibility index (Phi) is 6.26. The average molecular weight is 374 g/mol. The zero-order valence-electron chi connectivity index (χ0n) is 12.6. The lowest BCUT2D eigenvalue weighted by atomic mass is 10.0. The van der Waals surface area contributed by atoms with Gasteiger partial charge in [0.2, 0.25) is 10.0 Å². The minimum absolute atomic E-state index is 0.401. The molecule has 0 aromatic heterocycles. The second-order valence-electron chi connectivity index (χ2n) is 5.77. The summed E-state index contributed by atoms with van der Waals surface area (Å²) in [6.45, 7) is 2.66. The van der Waals surface area contributed by atoms with Gasteiger partial charge in [0, 0.05) is 11.9 Å². The molecule has 0 heterocycles. The van der Waals surface area contributed by atoms with E-state index >= 15 is 0 Å². The van der Waals surface area contributed by atoms with Gasteiger partial charge < -0.3 is 0 Å². The van der Waals surface area contributed by atoms with Crippen LogP contribution in [-0.2, 0) is 22.9 Å². The smallest absolute Gasteiger partial charge is 0.211 e. The minimum Gasteiger partial charge on any atom is -0.211 e. The molecule has 1 aliphatic rings. The molecule has 21 heavy (non-hydrogen) atoms. The Balaban J connectivity index is 2.04. The Morgan fingerprint density at radius 2 is 2.00 bits per heavy atom. The second kappa shape index (κ2) is 7.75. The third kappa shape index (κ3) is 4.54. The lowest BCUT2D eigenvalue weighted by Crippen LogP contribution is -2.29. The summed E-state index contributed by atoms with van der Waals surface area (Å²) in [7, 11) is -3.38. The van der Waals surface area contributed by atoms with Gasteiger partial charge >= 0.3 is 0 Å². The maximum atomic E-state index is 12.4. The van der Waals surface area contributed by atoms with Crippen molar-refractivity contribution in [3.05, 3.63) is 29.3 Å². The molecule has 5 heteroatoms. The molecule has 1 N–H and O–H groups in total. The van der Waals surface area contributed by atoms with Crippen LogP contribution < -0.4 is 4.72 Å². The fourth-order valence-electron chi connectivity index (χ4n) is 2.94. The Morgan fingerprint density at radius 1 is 1.24 bits per heavy atom. The number of benzene rings is 1. The number of aryl methyl sites for hydroxylation is 2. The summed E-state index contributed by atoms with van der Waals surface area (Å²) in [4.78, 5) is 0.414. The summed E-state index contributed by atoms with van der Waals surface area (Å²) in [5.74, 6) is 0.401. The molecule has 0 fully saturated rings. The number of nitrogens with one attached hydrogen (secondary N) is 1. The number of hydrogen-bond donors (Lipinski definition) is 1. The lowest BCUT2D eigenvalue weighted by molar-refractivity contribution is 0.459. The van der Waals surface area contributed by atoms with Crippen molar-refractivity contribution in [3.8, 4) is 0 Å². The number of rotatable bonds is 8. The highest BCUT2D eigenvalue weighted by atomic mass is 79.9. The summed E-state index contributed by atoms with van der Waals surface area (Å²) in [6.07, 6.45) is 6.35. The molecule has 0 aliphatic heterocycles. The predicted molar refractivity (Wildman–Crippen MR) is 90.5 cm³/mol. The highest BCUT2D eigenvalue weighted by Crippen LogP contribution is 2.24. The van der Waals surface area contributed by atoms with Gasteiger partial charge in [0.05, 0.1) is 4.90 Å². The Bertz CT molecular complexity index is 566. The average Bonchev–Trinajstić information content (AvgIpc) is 2.92. The first kappa shape index (κ1) is 17.0. The van der Waals surface area contributed by atoms with Crippen molar-refractivity contribution in [3.63, 3.8) is 0 Å². The van der Waals surface area contributed by atoms with Crippen molar-refractivity contribution < 1.29 is 8.42 Å². The van der Waals surface area contributed by atoms with Gasteiger partial charge in [-0.15, -0.1) is 0 Å². The van der Waals surface area contributed by atoms with Gasteiger partial charge in [-0.3, -0.25) is 0 Å². The van der Waals surface area contributed by atoms with Crippen LogP contribution in [0.1, 0.15) is 43.7 Å². The molecule has 1 aliphatic carbocycles. The summed E-state index contributed by atoms with van der Waals surface area (Å²) in [6, 6.07) is 5.56. The molecule has 1 unspecified atom stereocenters. The van der Waals surface area contributed by atoms with E-state index in [4.69, 9.17) is 0 Å². The highest BCUT2D eigenvalue weighted by Gasteiger charge is 2.19. The van der Waals surface area contributed by atoms with E-state index in [0.29, 0.717) is 17.4 Å². The van der Waals surface area contributed by atoms with Gasteiger partial charge in [-0.2, -0.15) is 0 Å². The lowest BCUT2D eigenvalue weighted by Gasteiger charge is -2.16. The van der Waals surface area contributed by atoms with Crippen molar-refractivity contribution in [1.82, 2.24) is 4.72 Å². The number of fused-ring (bicyclic) bond motifs is 1. The summed E-state index contributed by atoms with van der Waals surface area (Å²) < 4.78 is 27.6. The standard InChI is InChI=1S/C16H24BrNO2S/c1-2-4-13(9-10-17)12-18-21(19,20)16-8-7-14-5-3-6-15(14)11-16/h7-8,11,13,18H,2-6,9-10,12H2,1H3. The fraction of sp³-hybridized carbons (Fsp3) is 0.625. The number of hydrogen-bond acceptors (Lipinski definition) is 2. The fourth-order valence-corrected chi connectivity index (χ4v) is 4.75. The molecular formula is C16H24BrNO2S. The van der Waals surface area contributed by atoms with Crippen molar-refractivity contribution in [1.29, 1.82) is 0 Å². The molecule has 2 rings (SSSR count). The number of alkyl halides is 1. The van der Waals surface area contributed by atoms with Gasteiger partial charge in [0.15, 0.2) is 0 Å². The molecule has 0 saturated carbocycles. The van der Waals surface area contributed by atoms with Crippen LogP contribution >= 0.6 is 15.9 Å². The maximum Gasteiger partial charge on any atom is 0.240 e. The molecule has 0 saturated heterocycles. The van der Waals surface area contributed by atoms with Gasteiger partial charge in [0.25, 0.3) is 0 Å². The Labute approximate surface area is 136 Å². The van der Waals surface area contributed by atoms with Gasteiger partial charge in [0.1, 0.15) is 0 Å². The van der Waals surface area contributed by atoms with Crippen LogP contribution in [-0.4, -0.2) is 20.3 Å². The minimum atomic E-state index is -3.38. The van der Waals surface area contributed by atoms with Crippen molar-refractivity contribution in [2.75, 3.05) is 11.9 Å². The molecule has 1 aromatic rings. The van der Waals surface area contributed by atoms with Crippen LogP contribution in [0.2, 0.25) is 0 Å². The van der Waals surface area contributed by atoms with E-state index in [1.165, 1.54) is 11.1 Å². The van der Waals surface area contributed by atoms with Crippen LogP contribution in [0, 0.1) is 5.92 Å². The maximum absolute atomic E-state index is 12.4. The first-order valence-corrected chi connectivity index (χ1v) is 10.3. The van der Waals surface area contributed by atoms with E-state index < -0.39 is 10.0 Å². The van der Waals surface area contributed by atoms with E-state index in [9.17, 15) is 8.42 Å². The molecule has 0 amide bonds. The molecule has 0 bridgehead atoms. The van der Waals surface area contributed by atoms with E-state index in [2.05, 4.69) is 27.6 Å². The molecular weight excluding hydrogens is 350 g/mol. The van der Waals surface area contributed by atoms with E-state index in [0.717, 1.165) is 43.9 Å². The quantitative estimate of drug-likeness (QED) is 0.706. The number of sulfonamides is 1. The summed E-state index contributed by atoms with van der Waals surface area (Å²) in [5.41, 5.74) is 2.50. The van der Waals surface area contributed by atoms with Crippen LogP contribution in [0.25, 0.3) is 0 Å². The number of halogens is 1. The highest BCUT2D eigenvalue weighted by molar-refractivity contribution is 9.09. The first-order valence-electron chi connectivity index (χ1n) is 7.74. The Hall–Kier alpha value is -0.390. The zero-order chi connectivity index (χ0) is 15.3. The largest absolute Gasteiger partial charge is 0.240 e. The predicted octanol–water partition coefficient (Wildman–Crippen LogP) is 3.65. The van der Waals surface area contributed by atoms with Gasteiger partial charge in [-0.25, -0.2) is 13.1 Å². The summed E-state index contributed by atoms with van der Waals surface area (Å²) >= 11 is 3.44. The van der Waals surface area contributed by atoms with Crippen LogP contribution in [0.5, 0.6) is 0 Å². The third-order valence-corrected chi connectivity index (χ3v) is 6.04. The van der Waals surface area contributed by atoms with Crippen molar-refractivity contribution in [2.45, 2.75) is 50.3 Å². The molecule has 0 radical (unpaired) electrons. The monoisotopic (exact) mass is 373 g/mol. The summed E-state index contributed by atoms with van der Waals surface area (Å²) in [5, 5.41) is 0.915. The first-order chi connectivity index (χ1) is 10.1. The van der Waals surface area contributed by atoms with E-state index in [-0.39, 0.29) is 0 Å². The van der Waals surface area contributed by atoms with E-state index in [1.54, 1.807) is 6.07 Å². The van der Waals surface area contributed by atoms with Gasteiger partial charge in [-0.1, -0.05) is 35.3 Å². The molecule has 0 spiro atoms. The van der Waals surface area contributed by atoms with Crippen LogP contribution in [0.3, 0.4) is 0 Å². The molecule has 3 nitrogen and oxygen atoms in total. The van der Waals surface area contributed by atoms with Crippen molar-refractivity contribution >= 4 is 26.0 Å². The molecule has 118 valence electrons. The normalized spacial score (nSPS) is 15.9. The van der Waals surface area contributed by atoms with Crippen molar-refractivity contribution in [2.24, 2.45) is 5.92 Å². The molecule has 1 aromatic carbocycles. The Morgan fingerprint density at radius 3 is 2.71 bits per heavy atom. The van der Waals surface area contributed by atoms with E-state index in [1.807, 2.05) is 12.1 Å². The molecule has 1 atom stereocenters. The second-order valence-corrected chi connectivity index (χ2v) is 8.33. The third-order valence-electron chi connectivity index (χ3n) is 4.16.